The van der Waals surface area contributed by atoms with Gasteiger partial charge in [0, 0.05) is 19.1 Å². The number of aromatic carboxylic acids is 1. The lowest BCUT2D eigenvalue weighted by molar-refractivity contribution is -0.121. The average molecular weight is 368 g/mol. The number of hydrogen-bond donors (Lipinski definition) is 2. The van der Waals surface area contributed by atoms with Crippen LogP contribution < -0.4 is 5.32 Å². The summed E-state index contributed by atoms with van der Waals surface area (Å²) in [5.74, 6) is -1.05. The Balaban J connectivity index is 1.85. The average Bonchev–Trinajstić information content (AvgIpc) is 2.55. The molecule has 2 rings (SSSR count). The van der Waals surface area contributed by atoms with Crippen LogP contribution in [-0.2, 0) is 21.2 Å². The SMILES string of the molecule is CCCS(=O)(=O)N1CCC(NC(=O)Cc2cccc(C(=O)O)c2)CC1. The first-order valence-corrected chi connectivity index (χ1v) is 10.0. The topological polar surface area (TPSA) is 104 Å². The maximum Gasteiger partial charge on any atom is 0.335 e. The van der Waals surface area contributed by atoms with Gasteiger partial charge in [0.2, 0.25) is 15.9 Å². The summed E-state index contributed by atoms with van der Waals surface area (Å²) in [5, 5.41) is 11.9. The van der Waals surface area contributed by atoms with Gasteiger partial charge in [0.15, 0.2) is 0 Å². The molecule has 1 aromatic rings. The number of nitrogens with one attached hydrogen (secondary N) is 1. The Hall–Kier alpha value is -1.93. The van der Waals surface area contributed by atoms with Crippen molar-refractivity contribution in [2.75, 3.05) is 18.8 Å². The molecule has 0 spiro atoms. The number of carboxylic acids is 1. The third-order valence-electron chi connectivity index (χ3n) is 4.21. The second-order valence-electron chi connectivity index (χ2n) is 6.24. The van der Waals surface area contributed by atoms with Gasteiger partial charge in [-0.3, -0.25) is 4.79 Å². The zero-order valence-electron chi connectivity index (χ0n) is 14.3. The first-order valence-electron chi connectivity index (χ1n) is 8.41. The smallest absolute Gasteiger partial charge is 0.335 e. The van der Waals surface area contributed by atoms with Crippen LogP contribution in [-0.4, -0.2) is 54.6 Å². The van der Waals surface area contributed by atoms with E-state index in [1.807, 2.05) is 6.92 Å². The third kappa shape index (κ3) is 5.54. The highest BCUT2D eigenvalue weighted by atomic mass is 32.2. The Bertz CT molecular complexity index is 724. The quantitative estimate of drug-likeness (QED) is 0.754. The van der Waals surface area contributed by atoms with Gasteiger partial charge in [-0.05, 0) is 37.0 Å². The monoisotopic (exact) mass is 368 g/mol. The Morgan fingerprint density at radius 2 is 1.96 bits per heavy atom. The number of carbonyl (C=O) groups is 2. The summed E-state index contributed by atoms with van der Waals surface area (Å²) in [5.41, 5.74) is 0.792. The Kier molecular flexibility index (Phi) is 6.55. The van der Waals surface area contributed by atoms with Gasteiger partial charge in [-0.15, -0.1) is 0 Å². The predicted octanol–water partition coefficient (Wildman–Crippen LogP) is 1.25. The molecule has 0 atom stereocenters. The van der Waals surface area contributed by atoms with Gasteiger partial charge in [-0.1, -0.05) is 19.1 Å². The lowest BCUT2D eigenvalue weighted by atomic mass is 10.0. The second-order valence-corrected chi connectivity index (χ2v) is 8.33. The van der Waals surface area contributed by atoms with E-state index < -0.39 is 16.0 Å². The summed E-state index contributed by atoms with van der Waals surface area (Å²) in [6.45, 7) is 2.67. The summed E-state index contributed by atoms with van der Waals surface area (Å²) in [7, 11) is -3.18. The first kappa shape index (κ1) is 19.4. The van der Waals surface area contributed by atoms with E-state index >= 15 is 0 Å². The Morgan fingerprint density at radius 3 is 2.56 bits per heavy atom. The van der Waals surface area contributed by atoms with Crippen molar-refractivity contribution in [3.05, 3.63) is 35.4 Å². The standard InChI is InChI=1S/C17H24N2O5S/c1-2-10-25(23,24)19-8-6-15(7-9-19)18-16(20)12-13-4-3-5-14(11-13)17(21)22/h3-5,11,15H,2,6-10,12H2,1H3,(H,18,20)(H,21,22). The molecule has 0 unspecified atom stereocenters. The molecule has 1 aromatic carbocycles. The van der Waals surface area contributed by atoms with Gasteiger partial charge in [-0.2, -0.15) is 0 Å². The number of carboxylic acid groups (broad SMARTS) is 1. The van der Waals surface area contributed by atoms with Crippen molar-refractivity contribution in [1.82, 2.24) is 9.62 Å². The highest BCUT2D eigenvalue weighted by Gasteiger charge is 2.27. The number of amides is 1. The zero-order valence-corrected chi connectivity index (χ0v) is 15.1. The fourth-order valence-corrected chi connectivity index (χ4v) is 4.49. The zero-order chi connectivity index (χ0) is 18.4. The maximum atomic E-state index is 12.2. The molecular weight excluding hydrogens is 344 g/mol. The van der Waals surface area contributed by atoms with E-state index in [0.717, 1.165) is 0 Å². The largest absolute Gasteiger partial charge is 0.478 e. The summed E-state index contributed by atoms with van der Waals surface area (Å²) < 4.78 is 25.6. The molecule has 0 aromatic heterocycles. The number of carbonyl (C=O) groups excluding carboxylic acids is 1. The molecule has 7 nitrogen and oxygen atoms in total. The van der Waals surface area contributed by atoms with Crippen molar-refractivity contribution in [2.24, 2.45) is 0 Å². The van der Waals surface area contributed by atoms with Crippen LogP contribution in [0.1, 0.15) is 42.1 Å². The summed E-state index contributed by atoms with van der Waals surface area (Å²) in [6, 6.07) is 6.25. The molecule has 1 aliphatic heterocycles. The van der Waals surface area contributed by atoms with Crippen LogP contribution in [0, 0.1) is 0 Å². The van der Waals surface area contributed by atoms with Gasteiger partial charge in [0.05, 0.1) is 17.7 Å². The molecule has 0 aliphatic carbocycles. The predicted molar refractivity (Wildman–Crippen MR) is 93.9 cm³/mol. The first-order chi connectivity index (χ1) is 11.8. The lowest BCUT2D eigenvalue weighted by Crippen LogP contribution is -2.47. The molecule has 1 saturated heterocycles. The van der Waals surface area contributed by atoms with E-state index in [0.29, 0.717) is 37.9 Å². The Labute approximate surface area is 148 Å². The summed E-state index contributed by atoms with van der Waals surface area (Å²) >= 11 is 0. The number of nitrogens with zero attached hydrogens (tertiary/aromatic N) is 1. The van der Waals surface area contributed by atoms with Crippen LogP contribution >= 0.6 is 0 Å². The molecule has 0 saturated carbocycles. The van der Waals surface area contributed by atoms with Gasteiger partial charge in [-0.25, -0.2) is 17.5 Å². The lowest BCUT2D eigenvalue weighted by Gasteiger charge is -2.31. The molecule has 0 bridgehead atoms. The highest BCUT2D eigenvalue weighted by molar-refractivity contribution is 7.89. The van der Waals surface area contributed by atoms with E-state index in [1.165, 1.54) is 16.4 Å². The van der Waals surface area contributed by atoms with Crippen molar-refractivity contribution >= 4 is 21.9 Å². The van der Waals surface area contributed by atoms with E-state index in [4.69, 9.17) is 5.11 Å². The highest BCUT2D eigenvalue weighted by Crippen LogP contribution is 2.15. The number of sulfonamides is 1. The van der Waals surface area contributed by atoms with Gasteiger partial charge in [0.25, 0.3) is 0 Å². The second kappa shape index (κ2) is 8.44. The molecule has 1 amide bonds. The maximum absolute atomic E-state index is 12.2. The van der Waals surface area contributed by atoms with Crippen LogP contribution in [0.3, 0.4) is 0 Å². The molecular formula is C17H24N2O5S. The summed E-state index contributed by atoms with van der Waals surface area (Å²) in [4.78, 5) is 23.1. The molecule has 138 valence electrons. The van der Waals surface area contributed by atoms with Gasteiger partial charge < -0.3 is 10.4 Å². The molecule has 1 heterocycles. The van der Waals surface area contributed by atoms with Crippen molar-refractivity contribution in [1.29, 1.82) is 0 Å². The minimum absolute atomic E-state index is 0.0526. The molecule has 1 fully saturated rings. The fourth-order valence-electron chi connectivity index (χ4n) is 2.94. The van der Waals surface area contributed by atoms with E-state index in [-0.39, 0.29) is 29.7 Å². The molecule has 1 aliphatic rings. The minimum Gasteiger partial charge on any atom is -0.478 e. The van der Waals surface area contributed by atoms with E-state index in [1.54, 1.807) is 12.1 Å². The van der Waals surface area contributed by atoms with Crippen molar-refractivity contribution in [3.8, 4) is 0 Å². The van der Waals surface area contributed by atoms with Crippen LogP contribution in [0.25, 0.3) is 0 Å². The van der Waals surface area contributed by atoms with Crippen LogP contribution in [0.2, 0.25) is 0 Å². The van der Waals surface area contributed by atoms with Crippen molar-refractivity contribution < 1.29 is 23.1 Å². The van der Waals surface area contributed by atoms with Crippen LogP contribution in [0.5, 0.6) is 0 Å². The molecule has 0 radical (unpaired) electrons. The van der Waals surface area contributed by atoms with E-state index in [9.17, 15) is 18.0 Å². The third-order valence-corrected chi connectivity index (χ3v) is 6.29. The summed E-state index contributed by atoms with van der Waals surface area (Å²) in [6.07, 6.45) is 1.87. The van der Waals surface area contributed by atoms with Crippen LogP contribution in [0.4, 0.5) is 0 Å². The van der Waals surface area contributed by atoms with E-state index in [2.05, 4.69) is 5.32 Å². The molecule has 8 heteroatoms. The minimum atomic E-state index is -3.18. The number of hydrogen-bond acceptors (Lipinski definition) is 4. The van der Waals surface area contributed by atoms with Crippen molar-refractivity contribution in [3.63, 3.8) is 0 Å². The number of benzene rings is 1. The van der Waals surface area contributed by atoms with Gasteiger partial charge in [0.1, 0.15) is 0 Å². The Morgan fingerprint density at radius 1 is 1.28 bits per heavy atom. The number of rotatable bonds is 7. The van der Waals surface area contributed by atoms with Crippen LogP contribution in [0.15, 0.2) is 24.3 Å². The van der Waals surface area contributed by atoms with Gasteiger partial charge >= 0.3 is 5.97 Å². The number of piperidine rings is 1. The molecule has 25 heavy (non-hydrogen) atoms. The van der Waals surface area contributed by atoms with Crippen molar-refractivity contribution in [2.45, 2.75) is 38.6 Å². The normalized spacial score (nSPS) is 16.5. The fraction of sp³-hybridized carbons (Fsp3) is 0.529. The molecule has 2 N–H and O–H groups in total.